The lowest BCUT2D eigenvalue weighted by Crippen LogP contribution is -2.33. The second-order valence-corrected chi connectivity index (χ2v) is 8.68. The average molecular weight is 400 g/mol. The Labute approximate surface area is 165 Å². The summed E-state index contributed by atoms with van der Waals surface area (Å²) in [6.07, 6.45) is 7.53. The minimum absolute atomic E-state index is 0.103. The van der Waals surface area contributed by atoms with E-state index < -0.39 is 0 Å². The summed E-state index contributed by atoms with van der Waals surface area (Å²) in [6.45, 7) is 1.92. The van der Waals surface area contributed by atoms with E-state index in [1.54, 1.807) is 27.5 Å². The number of hydrogen-bond donors (Lipinski definition) is 1. The van der Waals surface area contributed by atoms with Crippen molar-refractivity contribution in [3.63, 3.8) is 0 Å². The van der Waals surface area contributed by atoms with Gasteiger partial charge in [0, 0.05) is 21.7 Å². The van der Waals surface area contributed by atoms with E-state index in [4.69, 9.17) is 0 Å². The van der Waals surface area contributed by atoms with Gasteiger partial charge >= 0.3 is 0 Å². The number of aromatic nitrogens is 2. The topological polar surface area (TPSA) is 63.5 Å². The molecule has 0 bridgehead atoms. The van der Waals surface area contributed by atoms with Crippen LogP contribution in [0.4, 0.5) is 0 Å². The number of thiazole rings is 1. The highest BCUT2D eigenvalue weighted by atomic mass is 32.2. The van der Waals surface area contributed by atoms with E-state index in [-0.39, 0.29) is 23.1 Å². The van der Waals surface area contributed by atoms with E-state index in [1.165, 1.54) is 16.0 Å². The maximum Gasteiger partial charge on any atom is 0.271 e. The molecule has 1 atom stereocenters. The Bertz CT molecular complexity index is 1050. The van der Waals surface area contributed by atoms with Crippen LogP contribution in [0.5, 0.6) is 0 Å². The third-order valence-electron chi connectivity index (χ3n) is 5.01. The van der Waals surface area contributed by atoms with E-state index in [1.807, 2.05) is 37.4 Å². The average Bonchev–Trinajstić information content (AvgIpc) is 3.07. The largest absolute Gasteiger partial charge is 0.345 e. The lowest BCUT2D eigenvalue weighted by atomic mass is 10.0. The first-order valence-corrected chi connectivity index (χ1v) is 11.1. The quantitative estimate of drug-likeness (QED) is 0.677. The zero-order valence-electron chi connectivity index (χ0n) is 15.3. The summed E-state index contributed by atoms with van der Waals surface area (Å²) in [5.74, 6) is -0.376. The number of fused-ring (bicyclic) bond motifs is 3. The smallest absolute Gasteiger partial charge is 0.271 e. The van der Waals surface area contributed by atoms with Gasteiger partial charge in [0.25, 0.3) is 11.5 Å². The summed E-state index contributed by atoms with van der Waals surface area (Å²) < 4.78 is 1.64. The minimum Gasteiger partial charge on any atom is -0.345 e. The van der Waals surface area contributed by atoms with Crippen molar-refractivity contribution in [2.75, 3.05) is 6.26 Å². The van der Waals surface area contributed by atoms with Gasteiger partial charge in [-0.25, -0.2) is 4.98 Å². The summed E-state index contributed by atoms with van der Waals surface area (Å²) >= 11 is 3.24. The normalized spacial score (nSPS) is 14.7. The van der Waals surface area contributed by atoms with Gasteiger partial charge in [-0.15, -0.1) is 23.1 Å². The van der Waals surface area contributed by atoms with Crippen molar-refractivity contribution >= 4 is 34.0 Å². The highest BCUT2D eigenvalue weighted by Gasteiger charge is 2.22. The number of nitrogens with one attached hydrogen (secondary N) is 1. The molecular formula is C20H21N3O2S2. The van der Waals surface area contributed by atoms with Crippen LogP contribution < -0.4 is 10.9 Å². The van der Waals surface area contributed by atoms with Gasteiger partial charge in [0.2, 0.25) is 0 Å². The van der Waals surface area contributed by atoms with Crippen LogP contribution >= 0.6 is 23.1 Å². The molecule has 2 aromatic heterocycles. The number of nitrogens with zero attached hydrogens (tertiary/aromatic N) is 2. The molecule has 4 rings (SSSR count). The Morgan fingerprint density at radius 3 is 2.74 bits per heavy atom. The van der Waals surface area contributed by atoms with Crippen molar-refractivity contribution in [3.8, 4) is 0 Å². The number of benzene rings is 1. The summed E-state index contributed by atoms with van der Waals surface area (Å²) in [5, 5.41) is 2.93. The molecule has 0 spiro atoms. The zero-order valence-corrected chi connectivity index (χ0v) is 17.0. The molecule has 3 aromatic rings. The molecule has 7 heteroatoms. The van der Waals surface area contributed by atoms with Gasteiger partial charge in [-0.1, -0.05) is 12.1 Å². The van der Waals surface area contributed by atoms with Crippen LogP contribution in [0.2, 0.25) is 0 Å². The fourth-order valence-corrected chi connectivity index (χ4v) is 5.05. The first-order chi connectivity index (χ1) is 13.1. The lowest BCUT2D eigenvalue weighted by molar-refractivity contribution is 0.0938. The molecule has 140 valence electrons. The molecule has 1 unspecified atom stereocenters. The third kappa shape index (κ3) is 3.41. The van der Waals surface area contributed by atoms with Crippen LogP contribution in [0.25, 0.3) is 4.96 Å². The van der Waals surface area contributed by atoms with E-state index in [2.05, 4.69) is 10.3 Å². The molecule has 27 heavy (non-hydrogen) atoms. The fraction of sp³-hybridized carbons (Fsp3) is 0.350. The first kappa shape index (κ1) is 18.3. The molecule has 0 saturated carbocycles. The maximum absolute atomic E-state index is 13.0. The van der Waals surface area contributed by atoms with Gasteiger partial charge in [0.1, 0.15) is 5.56 Å². The van der Waals surface area contributed by atoms with Gasteiger partial charge in [-0.3, -0.25) is 14.0 Å². The monoisotopic (exact) mass is 399 g/mol. The summed E-state index contributed by atoms with van der Waals surface area (Å²) in [5.41, 5.74) is 1.88. The van der Waals surface area contributed by atoms with Gasteiger partial charge < -0.3 is 5.32 Å². The number of carbonyl (C=O) groups is 1. The molecule has 1 aliphatic rings. The number of rotatable bonds is 4. The van der Waals surface area contributed by atoms with Crippen LogP contribution in [-0.4, -0.2) is 21.5 Å². The van der Waals surface area contributed by atoms with Crippen molar-refractivity contribution in [3.05, 3.63) is 62.5 Å². The van der Waals surface area contributed by atoms with Crippen molar-refractivity contribution in [2.24, 2.45) is 0 Å². The number of aryl methyl sites for hydroxylation is 2. The second kappa shape index (κ2) is 7.48. The van der Waals surface area contributed by atoms with E-state index >= 15 is 0 Å². The Hall–Kier alpha value is -2.12. The fourth-order valence-electron chi connectivity index (χ4n) is 3.47. The Morgan fingerprint density at radius 2 is 2.00 bits per heavy atom. The van der Waals surface area contributed by atoms with Crippen LogP contribution in [0, 0.1) is 0 Å². The van der Waals surface area contributed by atoms with Crippen molar-refractivity contribution in [1.29, 1.82) is 0 Å². The van der Waals surface area contributed by atoms with Gasteiger partial charge in [0.05, 0.1) is 6.04 Å². The molecule has 1 aromatic carbocycles. The molecule has 0 fully saturated rings. The second-order valence-electron chi connectivity index (χ2n) is 6.74. The highest BCUT2D eigenvalue weighted by Crippen LogP contribution is 2.28. The van der Waals surface area contributed by atoms with Crippen LogP contribution in [0.1, 0.15) is 52.3 Å². The van der Waals surface area contributed by atoms with E-state index in [9.17, 15) is 9.59 Å². The lowest BCUT2D eigenvalue weighted by Gasteiger charge is -2.15. The van der Waals surface area contributed by atoms with E-state index in [0.717, 1.165) is 36.9 Å². The molecule has 0 radical (unpaired) electrons. The summed E-state index contributed by atoms with van der Waals surface area (Å²) in [4.78, 5) is 33.2. The van der Waals surface area contributed by atoms with Crippen molar-refractivity contribution in [1.82, 2.24) is 14.7 Å². The predicted molar refractivity (Wildman–Crippen MR) is 110 cm³/mol. The summed E-state index contributed by atoms with van der Waals surface area (Å²) in [7, 11) is 0. The minimum atomic E-state index is -0.376. The summed E-state index contributed by atoms with van der Waals surface area (Å²) in [6, 6.07) is 7.87. The number of carbonyl (C=O) groups excluding carboxylic acids is 1. The molecule has 1 aliphatic carbocycles. The maximum atomic E-state index is 13.0. The van der Waals surface area contributed by atoms with Crippen molar-refractivity contribution < 1.29 is 4.79 Å². The molecule has 0 saturated heterocycles. The molecule has 1 N–H and O–H groups in total. The Kier molecular flexibility index (Phi) is 5.06. The SMILES string of the molecule is CSc1ccc(C(C)NC(=O)c2cnc3sc4c(n3c2=O)CCCC4)cc1. The number of thioether (sulfide) groups is 1. The van der Waals surface area contributed by atoms with Crippen LogP contribution in [-0.2, 0) is 12.8 Å². The van der Waals surface area contributed by atoms with E-state index in [0.29, 0.717) is 4.96 Å². The molecule has 2 heterocycles. The van der Waals surface area contributed by atoms with Gasteiger partial charge in [0.15, 0.2) is 4.96 Å². The number of amides is 1. The van der Waals surface area contributed by atoms with Crippen molar-refractivity contribution in [2.45, 2.75) is 43.5 Å². The standard InChI is InChI=1S/C20H21N3O2S2/c1-12(13-7-9-14(26-2)10-8-13)22-18(24)15-11-21-20-23(19(15)25)16-5-3-4-6-17(16)27-20/h7-12H,3-6H2,1-2H3,(H,22,24). The van der Waals surface area contributed by atoms with Crippen LogP contribution in [0.15, 0.2) is 40.2 Å². The zero-order chi connectivity index (χ0) is 19.0. The van der Waals surface area contributed by atoms with Gasteiger partial charge in [-0.05, 0) is 56.6 Å². The first-order valence-electron chi connectivity index (χ1n) is 9.05. The Balaban J connectivity index is 1.62. The number of hydrogen-bond acceptors (Lipinski definition) is 5. The highest BCUT2D eigenvalue weighted by molar-refractivity contribution is 7.98. The third-order valence-corrected chi connectivity index (χ3v) is 6.91. The van der Waals surface area contributed by atoms with Crippen LogP contribution in [0.3, 0.4) is 0 Å². The van der Waals surface area contributed by atoms with Gasteiger partial charge in [-0.2, -0.15) is 0 Å². The Morgan fingerprint density at radius 1 is 1.26 bits per heavy atom. The molecule has 5 nitrogen and oxygen atoms in total. The predicted octanol–water partition coefficient (Wildman–Crippen LogP) is 3.85. The molecular weight excluding hydrogens is 378 g/mol. The molecule has 0 aliphatic heterocycles. The molecule has 1 amide bonds.